The summed E-state index contributed by atoms with van der Waals surface area (Å²) in [6, 6.07) is 6.28. The second-order valence-electron chi connectivity index (χ2n) is 6.15. The van der Waals surface area contributed by atoms with Gasteiger partial charge >= 0.3 is 0 Å². The van der Waals surface area contributed by atoms with Crippen molar-refractivity contribution in [3.63, 3.8) is 0 Å². The first-order valence-electron chi connectivity index (χ1n) is 7.56. The Labute approximate surface area is 127 Å². The van der Waals surface area contributed by atoms with Crippen LogP contribution in [-0.4, -0.2) is 42.0 Å². The van der Waals surface area contributed by atoms with E-state index in [0.717, 1.165) is 18.5 Å². The molecule has 1 heterocycles. The minimum absolute atomic E-state index is 0.0187. The number of hydrazine groups is 1. The Bertz CT molecular complexity index is 505. The van der Waals surface area contributed by atoms with Crippen LogP contribution < -0.4 is 11.2 Å². The van der Waals surface area contributed by atoms with Crippen LogP contribution in [0.5, 0.6) is 0 Å². The van der Waals surface area contributed by atoms with E-state index in [1.54, 1.807) is 31.1 Å². The van der Waals surface area contributed by atoms with Crippen LogP contribution in [0.25, 0.3) is 0 Å². The molecule has 5 nitrogen and oxygen atoms in total. The van der Waals surface area contributed by atoms with Crippen LogP contribution in [0, 0.1) is 0 Å². The average molecular weight is 290 g/mol. The van der Waals surface area contributed by atoms with Crippen molar-refractivity contribution in [1.82, 2.24) is 9.91 Å². The highest BCUT2D eigenvalue weighted by molar-refractivity contribution is 5.99. The van der Waals surface area contributed by atoms with Gasteiger partial charge < -0.3 is 16.1 Å². The van der Waals surface area contributed by atoms with Gasteiger partial charge in [0.2, 0.25) is 0 Å². The number of anilines is 2. The quantitative estimate of drug-likeness (QED) is 0.840. The number of rotatable bonds is 3. The second kappa shape index (κ2) is 6.35. The molecule has 0 aromatic heterocycles. The third-order valence-electron chi connectivity index (χ3n) is 4.12. The fourth-order valence-corrected chi connectivity index (χ4v) is 2.86. The predicted molar refractivity (Wildman–Crippen MR) is 87.1 cm³/mol. The average Bonchev–Trinajstić information content (AvgIpc) is 2.42. The summed E-state index contributed by atoms with van der Waals surface area (Å²) in [6.07, 6.45) is 3.58. The Morgan fingerprint density at radius 3 is 2.48 bits per heavy atom. The van der Waals surface area contributed by atoms with Crippen molar-refractivity contribution in [1.29, 1.82) is 0 Å². The molecule has 1 aliphatic heterocycles. The van der Waals surface area contributed by atoms with E-state index >= 15 is 0 Å². The van der Waals surface area contributed by atoms with E-state index in [9.17, 15) is 4.79 Å². The molecule has 1 aromatic rings. The molecule has 1 aromatic carbocycles. The molecule has 2 atom stereocenters. The van der Waals surface area contributed by atoms with E-state index in [0.29, 0.717) is 23.3 Å². The molecule has 1 fully saturated rings. The first-order chi connectivity index (χ1) is 9.90. The summed E-state index contributed by atoms with van der Waals surface area (Å²) in [5, 5.41) is 2.24. The molecule has 0 bridgehead atoms. The van der Waals surface area contributed by atoms with Gasteiger partial charge in [-0.05, 0) is 44.9 Å². The Morgan fingerprint density at radius 2 is 1.90 bits per heavy atom. The zero-order valence-corrected chi connectivity index (χ0v) is 13.4. The van der Waals surface area contributed by atoms with Gasteiger partial charge in [0, 0.05) is 31.9 Å². The number of amides is 1. The summed E-state index contributed by atoms with van der Waals surface area (Å²) in [4.78, 5) is 13.9. The number of nitrogens with zero attached hydrogens (tertiary/aromatic N) is 2. The molecule has 0 radical (unpaired) electrons. The molecule has 1 saturated heterocycles. The third kappa shape index (κ3) is 3.47. The summed E-state index contributed by atoms with van der Waals surface area (Å²) in [6.45, 7) is 4.42. The second-order valence-corrected chi connectivity index (χ2v) is 6.15. The topological polar surface area (TPSA) is 61.6 Å². The number of hydrogen-bond acceptors (Lipinski definition) is 4. The number of benzene rings is 1. The molecule has 21 heavy (non-hydrogen) atoms. The van der Waals surface area contributed by atoms with Crippen molar-refractivity contribution in [2.24, 2.45) is 0 Å². The van der Waals surface area contributed by atoms with Crippen molar-refractivity contribution in [2.75, 3.05) is 25.3 Å². The number of piperidine rings is 1. The standard InChI is InChI=1S/C16H26N4O/c1-11-6-5-7-12(2)20(11)18-15-10-13(17)8-9-14(15)16(21)19(3)4/h8-12,18H,5-7,17H2,1-4H3. The molecule has 5 heteroatoms. The maximum absolute atomic E-state index is 12.3. The van der Waals surface area contributed by atoms with Crippen LogP contribution in [0.2, 0.25) is 0 Å². The first-order valence-corrected chi connectivity index (χ1v) is 7.56. The molecular weight excluding hydrogens is 264 g/mol. The maximum atomic E-state index is 12.3. The van der Waals surface area contributed by atoms with Crippen molar-refractivity contribution in [3.8, 4) is 0 Å². The van der Waals surface area contributed by atoms with Crippen LogP contribution in [0.3, 0.4) is 0 Å². The normalized spacial score (nSPS) is 22.9. The Kier molecular flexibility index (Phi) is 4.73. The van der Waals surface area contributed by atoms with Gasteiger partial charge in [0.1, 0.15) is 0 Å². The molecule has 1 aliphatic rings. The van der Waals surface area contributed by atoms with Crippen molar-refractivity contribution in [2.45, 2.75) is 45.2 Å². The predicted octanol–water partition coefficient (Wildman–Crippen LogP) is 2.56. The lowest BCUT2D eigenvalue weighted by Gasteiger charge is -2.39. The maximum Gasteiger partial charge on any atom is 0.255 e. The summed E-state index contributed by atoms with van der Waals surface area (Å²) in [5.41, 5.74) is 11.4. The van der Waals surface area contributed by atoms with Crippen LogP contribution in [-0.2, 0) is 0 Å². The van der Waals surface area contributed by atoms with Crippen molar-refractivity contribution >= 4 is 17.3 Å². The van der Waals surface area contributed by atoms with Gasteiger partial charge in [0.25, 0.3) is 5.91 Å². The molecule has 2 unspecified atom stereocenters. The van der Waals surface area contributed by atoms with E-state index < -0.39 is 0 Å². The Balaban J connectivity index is 2.29. The molecular formula is C16H26N4O. The fraction of sp³-hybridized carbons (Fsp3) is 0.562. The van der Waals surface area contributed by atoms with Gasteiger partial charge in [0.15, 0.2) is 0 Å². The monoisotopic (exact) mass is 290 g/mol. The van der Waals surface area contributed by atoms with Gasteiger partial charge in [-0.2, -0.15) is 0 Å². The van der Waals surface area contributed by atoms with Crippen molar-refractivity contribution < 1.29 is 4.79 Å². The number of nitrogens with one attached hydrogen (secondary N) is 1. The number of carbonyl (C=O) groups is 1. The van der Waals surface area contributed by atoms with Gasteiger partial charge in [0.05, 0.1) is 11.3 Å². The van der Waals surface area contributed by atoms with Gasteiger partial charge in [-0.1, -0.05) is 6.42 Å². The number of carbonyl (C=O) groups excluding carboxylic acids is 1. The highest BCUT2D eigenvalue weighted by Gasteiger charge is 2.26. The van der Waals surface area contributed by atoms with Crippen LogP contribution >= 0.6 is 0 Å². The minimum Gasteiger partial charge on any atom is -0.399 e. The van der Waals surface area contributed by atoms with Crippen LogP contribution in [0.15, 0.2) is 18.2 Å². The molecule has 0 aliphatic carbocycles. The number of nitrogen functional groups attached to an aromatic ring is 1. The lowest BCUT2D eigenvalue weighted by atomic mass is 9.99. The lowest BCUT2D eigenvalue weighted by molar-refractivity contribution is 0.0826. The molecule has 0 spiro atoms. The summed E-state index contributed by atoms with van der Waals surface area (Å²) in [5.74, 6) is -0.0187. The number of hydrogen-bond donors (Lipinski definition) is 2. The van der Waals surface area contributed by atoms with Crippen LogP contribution in [0.4, 0.5) is 11.4 Å². The van der Waals surface area contributed by atoms with E-state index in [1.807, 2.05) is 6.07 Å². The number of nitrogens with two attached hydrogens (primary N) is 1. The van der Waals surface area contributed by atoms with E-state index in [2.05, 4.69) is 24.3 Å². The van der Waals surface area contributed by atoms with Gasteiger partial charge in [-0.3, -0.25) is 4.79 Å². The largest absolute Gasteiger partial charge is 0.399 e. The lowest BCUT2D eigenvalue weighted by Crippen LogP contribution is -2.47. The van der Waals surface area contributed by atoms with E-state index in [-0.39, 0.29) is 5.91 Å². The van der Waals surface area contributed by atoms with E-state index in [1.165, 1.54) is 6.42 Å². The fourth-order valence-electron chi connectivity index (χ4n) is 2.86. The Morgan fingerprint density at radius 1 is 1.29 bits per heavy atom. The zero-order valence-electron chi connectivity index (χ0n) is 13.4. The molecule has 0 saturated carbocycles. The SMILES string of the molecule is CC1CCCC(C)N1Nc1cc(N)ccc1C(=O)N(C)C. The molecule has 116 valence electrons. The molecule has 1 amide bonds. The summed E-state index contributed by atoms with van der Waals surface area (Å²) in [7, 11) is 3.52. The van der Waals surface area contributed by atoms with Crippen LogP contribution in [0.1, 0.15) is 43.5 Å². The van der Waals surface area contributed by atoms with Gasteiger partial charge in [-0.25, -0.2) is 5.01 Å². The molecule has 2 rings (SSSR count). The summed E-state index contributed by atoms with van der Waals surface area (Å²) >= 11 is 0. The third-order valence-corrected chi connectivity index (χ3v) is 4.12. The van der Waals surface area contributed by atoms with Gasteiger partial charge in [-0.15, -0.1) is 0 Å². The minimum atomic E-state index is -0.0187. The molecule has 3 N–H and O–H groups in total. The Hall–Kier alpha value is -1.75. The van der Waals surface area contributed by atoms with E-state index in [4.69, 9.17) is 5.73 Å². The smallest absolute Gasteiger partial charge is 0.255 e. The zero-order chi connectivity index (χ0) is 15.6. The highest BCUT2D eigenvalue weighted by atomic mass is 16.2. The van der Waals surface area contributed by atoms with Crippen molar-refractivity contribution in [3.05, 3.63) is 23.8 Å². The summed E-state index contributed by atoms with van der Waals surface area (Å²) < 4.78 is 0. The first kappa shape index (κ1) is 15.6. The highest BCUT2D eigenvalue weighted by Crippen LogP contribution is 2.27.